The Hall–Kier alpha value is -2.30. The van der Waals surface area contributed by atoms with Gasteiger partial charge in [0.05, 0.1) is 11.7 Å². The molecule has 1 aliphatic heterocycles. The molecule has 0 amide bonds. The standard InChI is InChI=1S/C18H18F3N3O/c1-23-9-12(6-13(23)8-22)10-24-11-14(25)7-17(24)15-4-2-3-5-16(15)18(19,20)21/h2-6,9,14,17,25H,7,10-11H2,1H3/t14-,17+/m0/s1. The van der Waals surface area contributed by atoms with Crippen LogP contribution in [0, 0.1) is 11.3 Å². The van der Waals surface area contributed by atoms with E-state index >= 15 is 0 Å². The Balaban J connectivity index is 1.92. The number of hydrogen-bond acceptors (Lipinski definition) is 3. The molecule has 25 heavy (non-hydrogen) atoms. The summed E-state index contributed by atoms with van der Waals surface area (Å²) in [6, 6.07) is 8.79. The van der Waals surface area contributed by atoms with Crippen molar-refractivity contribution in [3.8, 4) is 6.07 Å². The molecule has 132 valence electrons. The summed E-state index contributed by atoms with van der Waals surface area (Å²) in [4.78, 5) is 1.84. The fraction of sp³-hybridized carbons (Fsp3) is 0.389. The zero-order valence-electron chi connectivity index (χ0n) is 13.7. The quantitative estimate of drug-likeness (QED) is 0.926. The maximum absolute atomic E-state index is 13.3. The van der Waals surface area contributed by atoms with E-state index in [2.05, 4.69) is 6.07 Å². The minimum atomic E-state index is -4.43. The summed E-state index contributed by atoms with van der Waals surface area (Å²) in [5.74, 6) is 0. The van der Waals surface area contributed by atoms with Crippen molar-refractivity contribution < 1.29 is 18.3 Å². The number of aliphatic hydroxyl groups excluding tert-OH is 1. The van der Waals surface area contributed by atoms with Gasteiger partial charge in [0.1, 0.15) is 11.8 Å². The second-order valence-corrected chi connectivity index (χ2v) is 6.38. The van der Waals surface area contributed by atoms with E-state index in [4.69, 9.17) is 5.26 Å². The highest BCUT2D eigenvalue weighted by molar-refractivity contribution is 5.34. The van der Waals surface area contributed by atoms with Gasteiger partial charge in [0.15, 0.2) is 0 Å². The molecule has 1 saturated heterocycles. The van der Waals surface area contributed by atoms with E-state index in [1.54, 1.807) is 29.9 Å². The second-order valence-electron chi connectivity index (χ2n) is 6.38. The van der Waals surface area contributed by atoms with Crippen molar-refractivity contribution in [2.24, 2.45) is 7.05 Å². The van der Waals surface area contributed by atoms with E-state index in [-0.39, 0.29) is 12.0 Å². The molecule has 1 aliphatic rings. The van der Waals surface area contributed by atoms with Crippen LogP contribution in [0.5, 0.6) is 0 Å². The van der Waals surface area contributed by atoms with Crippen molar-refractivity contribution in [3.05, 3.63) is 58.9 Å². The van der Waals surface area contributed by atoms with E-state index in [1.807, 2.05) is 4.90 Å². The van der Waals surface area contributed by atoms with Crippen LogP contribution in [0.3, 0.4) is 0 Å². The molecule has 1 N–H and O–H groups in total. The van der Waals surface area contributed by atoms with Crippen LogP contribution in [0.1, 0.15) is 34.8 Å². The predicted molar refractivity (Wildman–Crippen MR) is 85.3 cm³/mol. The lowest BCUT2D eigenvalue weighted by Gasteiger charge is -2.26. The van der Waals surface area contributed by atoms with Gasteiger partial charge in [-0.05, 0) is 29.7 Å². The van der Waals surface area contributed by atoms with Gasteiger partial charge in [0, 0.05) is 32.4 Å². The molecule has 2 heterocycles. The van der Waals surface area contributed by atoms with Crippen LogP contribution in [0.25, 0.3) is 0 Å². The summed E-state index contributed by atoms with van der Waals surface area (Å²) in [5, 5.41) is 19.1. The topological polar surface area (TPSA) is 52.2 Å². The Morgan fingerprint density at radius 2 is 2.04 bits per heavy atom. The SMILES string of the molecule is Cn1cc(CN2C[C@@H](O)C[C@@H]2c2ccccc2C(F)(F)F)cc1C#N. The third-order valence-electron chi connectivity index (χ3n) is 4.57. The minimum Gasteiger partial charge on any atom is -0.392 e. The minimum absolute atomic E-state index is 0.183. The van der Waals surface area contributed by atoms with Gasteiger partial charge in [-0.2, -0.15) is 18.4 Å². The highest BCUT2D eigenvalue weighted by Crippen LogP contribution is 2.40. The van der Waals surface area contributed by atoms with Gasteiger partial charge in [-0.3, -0.25) is 4.90 Å². The van der Waals surface area contributed by atoms with E-state index in [1.165, 1.54) is 12.1 Å². The summed E-state index contributed by atoms with van der Waals surface area (Å²) in [5.41, 5.74) is 0.845. The molecule has 7 heteroatoms. The molecule has 4 nitrogen and oxygen atoms in total. The van der Waals surface area contributed by atoms with Crippen LogP contribution >= 0.6 is 0 Å². The first-order valence-electron chi connectivity index (χ1n) is 7.93. The molecule has 0 unspecified atom stereocenters. The fourth-order valence-electron chi connectivity index (χ4n) is 3.49. The number of aromatic nitrogens is 1. The second kappa shape index (κ2) is 6.54. The molecule has 0 bridgehead atoms. The first-order valence-corrected chi connectivity index (χ1v) is 7.93. The lowest BCUT2D eigenvalue weighted by Crippen LogP contribution is -2.25. The van der Waals surface area contributed by atoms with Crippen molar-refractivity contribution in [2.75, 3.05) is 6.54 Å². The van der Waals surface area contributed by atoms with Crippen LogP contribution in [0.15, 0.2) is 36.5 Å². The lowest BCUT2D eigenvalue weighted by molar-refractivity contribution is -0.138. The van der Waals surface area contributed by atoms with Crippen molar-refractivity contribution in [3.63, 3.8) is 0 Å². The summed E-state index contributed by atoms with van der Waals surface area (Å²) < 4.78 is 41.7. The molecule has 0 saturated carbocycles. The number of aliphatic hydroxyl groups is 1. The van der Waals surface area contributed by atoms with Crippen molar-refractivity contribution >= 4 is 0 Å². The number of likely N-dealkylation sites (tertiary alicyclic amines) is 1. The zero-order valence-corrected chi connectivity index (χ0v) is 13.7. The molecule has 2 aromatic rings. The first kappa shape index (κ1) is 17.5. The fourth-order valence-corrected chi connectivity index (χ4v) is 3.49. The number of nitrogens with zero attached hydrogens (tertiary/aromatic N) is 3. The molecule has 1 aromatic heterocycles. The summed E-state index contributed by atoms with van der Waals surface area (Å²) >= 11 is 0. The lowest BCUT2D eigenvalue weighted by atomic mass is 9.97. The molecule has 0 spiro atoms. The molecule has 0 aliphatic carbocycles. The maximum atomic E-state index is 13.3. The van der Waals surface area contributed by atoms with Crippen LogP contribution in [-0.4, -0.2) is 27.2 Å². The van der Waals surface area contributed by atoms with Crippen LogP contribution in [0.4, 0.5) is 13.2 Å². The van der Waals surface area contributed by atoms with Crippen LogP contribution < -0.4 is 0 Å². The number of alkyl halides is 3. The molecule has 1 fully saturated rings. The number of β-amino-alcohol motifs (C(OH)–C–C–N with tert-alkyl or cyclic N) is 1. The van der Waals surface area contributed by atoms with E-state index in [0.29, 0.717) is 18.8 Å². The Labute approximate surface area is 143 Å². The molecular weight excluding hydrogens is 331 g/mol. The largest absolute Gasteiger partial charge is 0.416 e. The van der Waals surface area contributed by atoms with E-state index < -0.39 is 23.9 Å². The Morgan fingerprint density at radius 3 is 2.68 bits per heavy atom. The third kappa shape index (κ3) is 3.55. The van der Waals surface area contributed by atoms with Gasteiger partial charge in [-0.15, -0.1) is 0 Å². The summed E-state index contributed by atoms with van der Waals surface area (Å²) in [6.07, 6.45) is -3.07. The number of benzene rings is 1. The van der Waals surface area contributed by atoms with Gasteiger partial charge in [0.25, 0.3) is 0 Å². The van der Waals surface area contributed by atoms with E-state index in [9.17, 15) is 18.3 Å². The normalized spacial score (nSPS) is 21.4. The molecular formula is C18H18F3N3O. The molecule has 1 aromatic carbocycles. The number of hydrogen-bond donors (Lipinski definition) is 1. The van der Waals surface area contributed by atoms with Crippen molar-refractivity contribution in [2.45, 2.75) is 31.3 Å². The van der Waals surface area contributed by atoms with Gasteiger partial charge in [-0.25, -0.2) is 0 Å². The van der Waals surface area contributed by atoms with Crippen LogP contribution in [0.2, 0.25) is 0 Å². The third-order valence-corrected chi connectivity index (χ3v) is 4.57. The average molecular weight is 349 g/mol. The maximum Gasteiger partial charge on any atom is 0.416 e. The van der Waals surface area contributed by atoms with Gasteiger partial charge in [0.2, 0.25) is 0 Å². The highest BCUT2D eigenvalue weighted by atomic mass is 19.4. The van der Waals surface area contributed by atoms with E-state index in [0.717, 1.165) is 11.6 Å². The van der Waals surface area contributed by atoms with Gasteiger partial charge in [-0.1, -0.05) is 18.2 Å². The van der Waals surface area contributed by atoms with Crippen molar-refractivity contribution in [1.82, 2.24) is 9.47 Å². The predicted octanol–water partition coefficient (Wildman–Crippen LogP) is 3.22. The number of aryl methyl sites for hydroxylation is 1. The van der Waals surface area contributed by atoms with Gasteiger partial charge >= 0.3 is 6.18 Å². The summed E-state index contributed by atoms with van der Waals surface area (Å²) in [7, 11) is 1.75. The monoisotopic (exact) mass is 349 g/mol. The number of rotatable bonds is 3. The number of halogens is 3. The first-order chi connectivity index (χ1) is 11.8. The van der Waals surface area contributed by atoms with Gasteiger partial charge < -0.3 is 9.67 Å². The molecule has 2 atom stereocenters. The summed E-state index contributed by atoms with van der Waals surface area (Å²) in [6.45, 7) is 0.678. The number of nitriles is 1. The molecule has 0 radical (unpaired) electrons. The molecule has 3 rings (SSSR count). The zero-order chi connectivity index (χ0) is 18.2. The Morgan fingerprint density at radius 1 is 1.32 bits per heavy atom. The average Bonchev–Trinajstić information content (AvgIpc) is 3.09. The smallest absolute Gasteiger partial charge is 0.392 e. The van der Waals surface area contributed by atoms with Crippen LogP contribution in [-0.2, 0) is 19.8 Å². The Bertz CT molecular complexity index is 807. The Kier molecular flexibility index (Phi) is 4.58. The highest BCUT2D eigenvalue weighted by Gasteiger charge is 2.39. The van der Waals surface area contributed by atoms with Crippen molar-refractivity contribution in [1.29, 1.82) is 5.26 Å².